The van der Waals surface area contributed by atoms with Crippen molar-refractivity contribution in [2.45, 2.75) is 6.04 Å². The number of benzene rings is 1. The van der Waals surface area contributed by atoms with E-state index in [2.05, 4.69) is 15.7 Å². The van der Waals surface area contributed by atoms with E-state index in [1.165, 1.54) is 11.3 Å². The molecule has 0 aliphatic heterocycles. The van der Waals surface area contributed by atoms with Crippen molar-refractivity contribution >= 4 is 34.5 Å². The molecule has 11 heteroatoms. The van der Waals surface area contributed by atoms with Crippen molar-refractivity contribution in [3.05, 3.63) is 75.0 Å². The number of nitro benzene ring substituents is 1. The number of nitro groups is 1. The number of nitrogens with one attached hydrogen (secondary N) is 2. The fraction of sp³-hybridized carbons (Fsp3) is 0.118. The maximum absolute atomic E-state index is 13.4. The highest BCUT2D eigenvalue weighted by Gasteiger charge is 2.21. The highest BCUT2D eigenvalue weighted by atomic mass is 32.1. The molecule has 2 heterocycles. The lowest BCUT2D eigenvalue weighted by Crippen LogP contribution is -2.38. The van der Waals surface area contributed by atoms with Crippen LogP contribution in [0.15, 0.2) is 54.2 Å². The Morgan fingerprint density at radius 3 is 2.75 bits per heavy atom. The van der Waals surface area contributed by atoms with E-state index in [1.54, 1.807) is 23.1 Å². The molecule has 0 saturated carbocycles. The normalized spacial score (nSPS) is 11.6. The summed E-state index contributed by atoms with van der Waals surface area (Å²) >= 11 is 1.49. The molecule has 2 aromatic heterocycles. The first-order chi connectivity index (χ1) is 13.5. The first-order valence-electron chi connectivity index (χ1n) is 8.01. The molecule has 2 N–H and O–H groups in total. The third-order valence-corrected chi connectivity index (χ3v) is 4.75. The summed E-state index contributed by atoms with van der Waals surface area (Å²) in [6, 6.07) is 8.03. The Morgan fingerprint density at radius 2 is 2.11 bits per heavy atom. The zero-order chi connectivity index (χ0) is 20.1. The lowest BCUT2D eigenvalue weighted by atomic mass is 10.2. The van der Waals surface area contributed by atoms with Crippen molar-refractivity contribution in [3.63, 3.8) is 0 Å². The van der Waals surface area contributed by atoms with Crippen LogP contribution in [0.5, 0.6) is 0 Å². The summed E-state index contributed by atoms with van der Waals surface area (Å²) in [6.07, 6.45) is 3.35. The van der Waals surface area contributed by atoms with Crippen molar-refractivity contribution in [2.75, 3.05) is 11.9 Å². The lowest BCUT2D eigenvalue weighted by molar-refractivity contribution is -0.387. The van der Waals surface area contributed by atoms with Crippen LogP contribution in [-0.2, 0) is 9.59 Å². The van der Waals surface area contributed by atoms with Gasteiger partial charge in [0.15, 0.2) is 0 Å². The summed E-state index contributed by atoms with van der Waals surface area (Å²) in [5, 5.41) is 21.6. The Kier molecular flexibility index (Phi) is 5.75. The molecule has 144 valence electrons. The van der Waals surface area contributed by atoms with Gasteiger partial charge in [-0.1, -0.05) is 6.07 Å². The summed E-state index contributed by atoms with van der Waals surface area (Å²) < 4.78 is 15.0. The Bertz CT molecular complexity index is 957. The lowest BCUT2D eigenvalue weighted by Gasteiger charge is -2.17. The molecule has 0 radical (unpaired) electrons. The summed E-state index contributed by atoms with van der Waals surface area (Å²) in [7, 11) is 0. The molecule has 9 nitrogen and oxygen atoms in total. The molecule has 0 fully saturated rings. The molecule has 0 aliphatic rings. The molecule has 3 aromatic rings. The smallest absolute Gasteiger partial charge is 0.313 e. The number of carbonyl (C=O) groups excluding carboxylic acids is 2. The van der Waals surface area contributed by atoms with E-state index in [-0.39, 0.29) is 18.3 Å². The molecule has 0 spiro atoms. The van der Waals surface area contributed by atoms with Crippen molar-refractivity contribution in [2.24, 2.45) is 0 Å². The number of amides is 2. The number of nitrogens with zero attached hydrogens (tertiary/aromatic N) is 3. The maximum Gasteiger partial charge on any atom is 0.313 e. The summed E-state index contributed by atoms with van der Waals surface area (Å²) in [5.74, 6) is -2.99. The van der Waals surface area contributed by atoms with Crippen LogP contribution in [0.3, 0.4) is 0 Å². The average molecular weight is 403 g/mol. The number of carbonyl (C=O) groups is 2. The molecule has 1 atom stereocenters. The average Bonchev–Trinajstić information content (AvgIpc) is 3.37. The second-order valence-electron chi connectivity index (χ2n) is 5.60. The molecule has 0 bridgehead atoms. The van der Waals surface area contributed by atoms with Gasteiger partial charge in [-0.05, 0) is 29.6 Å². The fourth-order valence-electron chi connectivity index (χ4n) is 2.46. The molecule has 2 amide bonds. The quantitative estimate of drug-likeness (QED) is 0.372. The van der Waals surface area contributed by atoms with Crippen molar-refractivity contribution in [3.8, 4) is 0 Å². The number of thiophene rings is 1. The Morgan fingerprint density at radius 1 is 1.29 bits per heavy atom. The number of hydrogen-bond donors (Lipinski definition) is 2. The molecular weight excluding hydrogens is 389 g/mol. The Hall–Kier alpha value is -3.60. The van der Waals surface area contributed by atoms with E-state index in [4.69, 9.17) is 0 Å². The van der Waals surface area contributed by atoms with Crippen molar-refractivity contribution in [1.82, 2.24) is 15.1 Å². The zero-order valence-electron chi connectivity index (χ0n) is 14.2. The maximum atomic E-state index is 13.4. The minimum absolute atomic E-state index is 0.0601. The molecule has 1 unspecified atom stereocenters. The van der Waals surface area contributed by atoms with Crippen LogP contribution >= 0.6 is 11.3 Å². The molecule has 28 heavy (non-hydrogen) atoms. The van der Waals surface area contributed by atoms with E-state index < -0.39 is 28.2 Å². The van der Waals surface area contributed by atoms with E-state index >= 15 is 0 Å². The van der Waals surface area contributed by atoms with Gasteiger partial charge in [0.2, 0.25) is 5.82 Å². The predicted octanol–water partition coefficient (Wildman–Crippen LogP) is 2.34. The van der Waals surface area contributed by atoms with Crippen LogP contribution in [0.25, 0.3) is 0 Å². The SMILES string of the molecule is O=C(NCC(c1cccs1)n1cccn1)C(=O)Nc1ccc(F)c([N+](=O)[O-])c1. The Labute approximate surface area is 161 Å². The third kappa shape index (κ3) is 4.38. The molecular formula is C17H14FN5O4S. The monoisotopic (exact) mass is 403 g/mol. The van der Waals surface area contributed by atoms with Crippen LogP contribution in [-0.4, -0.2) is 33.1 Å². The first-order valence-corrected chi connectivity index (χ1v) is 8.89. The van der Waals surface area contributed by atoms with Gasteiger partial charge in [-0.2, -0.15) is 9.49 Å². The number of halogens is 1. The highest BCUT2D eigenvalue weighted by molar-refractivity contribution is 7.10. The van der Waals surface area contributed by atoms with Gasteiger partial charge in [0, 0.05) is 35.6 Å². The van der Waals surface area contributed by atoms with Crippen LogP contribution < -0.4 is 10.6 Å². The third-order valence-electron chi connectivity index (χ3n) is 3.78. The summed E-state index contributed by atoms with van der Waals surface area (Å²) in [6.45, 7) is 0.109. The predicted molar refractivity (Wildman–Crippen MR) is 99.4 cm³/mol. The largest absolute Gasteiger partial charge is 0.345 e. The van der Waals surface area contributed by atoms with Crippen LogP contribution in [0.4, 0.5) is 15.8 Å². The van der Waals surface area contributed by atoms with Gasteiger partial charge in [0.25, 0.3) is 0 Å². The minimum atomic E-state index is -1.04. The van der Waals surface area contributed by atoms with Gasteiger partial charge in [0.05, 0.1) is 4.92 Å². The van der Waals surface area contributed by atoms with Gasteiger partial charge in [0.1, 0.15) is 6.04 Å². The molecule has 0 saturated heterocycles. The van der Waals surface area contributed by atoms with Crippen molar-refractivity contribution < 1.29 is 18.9 Å². The number of hydrogen-bond acceptors (Lipinski definition) is 6. The second-order valence-corrected chi connectivity index (χ2v) is 6.58. The number of aromatic nitrogens is 2. The zero-order valence-corrected chi connectivity index (χ0v) is 15.1. The van der Waals surface area contributed by atoms with Crippen molar-refractivity contribution in [1.29, 1.82) is 0 Å². The van der Waals surface area contributed by atoms with E-state index in [9.17, 15) is 24.1 Å². The fourth-order valence-corrected chi connectivity index (χ4v) is 3.28. The van der Waals surface area contributed by atoms with Gasteiger partial charge < -0.3 is 10.6 Å². The second kappa shape index (κ2) is 8.39. The van der Waals surface area contributed by atoms with Crippen LogP contribution in [0.1, 0.15) is 10.9 Å². The Balaban J connectivity index is 1.65. The van der Waals surface area contributed by atoms with E-state index in [0.29, 0.717) is 0 Å². The minimum Gasteiger partial charge on any atom is -0.345 e. The van der Waals surface area contributed by atoms with Crippen LogP contribution in [0, 0.1) is 15.9 Å². The standard InChI is InChI=1S/C17H14FN5O4S/c18-12-5-4-11(9-13(12)23(26)27)21-17(25)16(24)19-10-14(15-3-1-8-28-15)22-7-2-6-20-22/h1-9,14H,10H2,(H,19,24)(H,21,25). The highest BCUT2D eigenvalue weighted by Crippen LogP contribution is 2.23. The van der Waals surface area contributed by atoms with E-state index in [1.807, 2.05) is 17.5 Å². The number of anilines is 1. The van der Waals surface area contributed by atoms with E-state index in [0.717, 1.165) is 23.1 Å². The van der Waals surface area contributed by atoms with Gasteiger partial charge >= 0.3 is 17.5 Å². The first kappa shape index (κ1) is 19.2. The van der Waals surface area contributed by atoms with Gasteiger partial charge in [-0.25, -0.2) is 0 Å². The summed E-state index contributed by atoms with van der Waals surface area (Å²) in [5.41, 5.74) is -0.857. The van der Waals surface area contributed by atoms with Crippen LogP contribution in [0.2, 0.25) is 0 Å². The van der Waals surface area contributed by atoms with Gasteiger partial charge in [-0.15, -0.1) is 11.3 Å². The molecule has 1 aromatic carbocycles. The summed E-state index contributed by atoms with van der Waals surface area (Å²) in [4.78, 5) is 35.0. The number of rotatable bonds is 6. The molecule has 0 aliphatic carbocycles. The topological polar surface area (TPSA) is 119 Å². The van der Waals surface area contributed by atoms with Gasteiger partial charge in [-0.3, -0.25) is 24.4 Å². The molecule has 3 rings (SSSR count).